The Hall–Kier alpha value is -2.05. The van der Waals surface area contributed by atoms with E-state index in [1.807, 2.05) is 29.8 Å². The lowest BCUT2D eigenvalue weighted by Gasteiger charge is -2.30. The number of halogens is 3. The molecule has 136 valence electrons. The van der Waals surface area contributed by atoms with Crippen LogP contribution in [0.4, 0.5) is 13.2 Å². The number of alkyl halides is 3. The summed E-state index contributed by atoms with van der Waals surface area (Å²) in [6.07, 6.45) is -1.34. The van der Waals surface area contributed by atoms with Crippen molar-refractivity contribution in [2.75, 3.05) is 6.54 Å². The van der Waals surface area contributed by atoms with Gasteiger partial charge in [-0.1, -0.05) is 12.1 Å². The molecular formula is C20H19F3N2S. The molecule has 2 aromatic heterocycles. The first kappa shape index (κ1) is 17.4. The van der Waals surface area contributed by atoms with E-state index in [-0.39, 0.29) is 6.04 Å². The van der Waals surface area contributed by atoms with E-state index in [1.54, 1.807) is 11.3 Å². The Balaban J connectivity index is 1.78. The molecule has 4 rings (SSSR count). The van der Waals surface area contributed by atoms with E-state index in [0.29, 0.717) is 5.56 Å². The molecule has 2 nitrogen and oxygen atoms in total. The second-order valence-corrected chi connectivity index (χ2v) is 7.39. The van der Waals surface area contributed by atoms with Crippen LogP contribution < -0.4 is 0 Å². The highest BCUT2D eigenvalue weighted by Crippen LogP contribution is 2.36. The smallest absolute Gasteiger partial charge is 0.350 e. The van der Waals surface area contributed by atoms with Crippen LogP contribution in [0.15, 0.2) is 59.4 Å². The predicted molar refractivity (Wildman–Crippen MR) is 97.1 cm³/mol. The van der Waals surface area contributed by atoms with Gasteiger partial charge in [-0.3, -0.25) is 4.90 Å². The van der Waals surface area contributed by atoms with Crippen LogP contribution in [0, 0.1) is 0 Å². The summed E-state index contributed by atoms with van der Waals surface area (Å²) in [7, 11) is 0. The second-order valence-electron chi connectivity index (χ2n) is 6.61. The Morgan fingerprint density at radius 2 is 1.96 bits per heavy atom. The zero-order valence-corrected chi connectivity index (χ0v) is 14.9. The number of hydrogen-bond acceptors (Lipinski definition) is 2. The van der Waals surface area contributed by atoms with E-state index >= 15 is 0 Å². The molecule has 6 heteroatoms. The molecule has 0 bridgehead atoms. The minimum absolute atomic E-state index is 0.185. The first-order chi connectivity index (χ1) is 12.5. The van der Waals surface area contributed by atoms with Gasteiger partial charge in [0.15, 0.2) is 0 Å². The fourth-order valence-electron chi connectivity index (χ4n) is 3.69. The Kier molecular flexibility index (Phi) is 4.63. The summed E-state index contributed by atoms with van der Waals surface area (Å²) in [5.41, 5.74) is 2.36. The third-order valence-corrected chi connectivity index (χ3v) is 5.58. The Labute approximate surface area is 154 Å². The maximum absolute atomic E-state index is 13.2. The third kappa shape index (κ3) is 3.44. The number of aryl methyl sites for hydroxylation is 1. The summed E-state index contributed by atoms with van der Waals surface area (Å²) in [4.78, 5) is 2.29. The molecule has 1 aliphatic rings. The van der Waals surface area contributed by atoms with Crippen molar-refractivity contribution in [3.8, 4) is 0 Å². The molecule has 26 heavy (non-hydrogen) atoms. The molecule has 1 aliphatic heterocycles. The monoisotopic (exact) mass is 376 g/mol. The van der Waals surface area contributed by atoms with Gasteiger partial charge in [-0.15, -0.1) is 0 Å². The van der Waals surface area contributed by atoms with E-state index < -0.39 is 11.7 Å². The van der Waals surface area contributed by atoms with Crippen molar-refractivity contribution >= 4 is 11.3 Å². The lowest BCUT2D eigenvalue weighted by molar-refractivity contribution is -0.137. The molecular weight excluding hydrogens is 357 g/mol. The lowest BCUT2D eigenvalue weighted by Crippen LogP contribution is -2.29. The van der Waals surface area contributed by atoms with Crippen LogP contribution in [0.2, 0.25) is 0 Å². The van der Waals surface area contributed by atoms with Crippen LogP contribution >= 0.6 is 11.3 Å². The van der Waals surface area contributed by atoms with Gasteiger partial charge >= 0.3 is 6.18 Å². The van der Waals surface area contributed by atoms with Crippen LogP contribution in [-0.4, -0.2) is 16.0 Å². The fraction of sp³-hybridized carbons (Fsp3) is 0.300. The first-order valence-corrected chi connectivity index (χ1v) is 9.54. The number of rotatable bonds is 3. The molecule has 0 N–H and O–H groups in total. The molecule has 0 radical (unpaired) electrons. The van der Waals surface area contributed by atoms with Gasteiger partial charge in [-0.05, 0) is 58.6 Å². The fourth-order valence-corrected chi connectivity index (χ4v) is 4.35. The number of fused-ring (bicyclic) bond motifs is 1. The zero-order chi connectivity index (χ0) is 18.1. The molecule has 0 amide bonds. The average molecular weight is 376 g/mol. The van der Waals surface area contributed by atoms with Gasteiger partial charge in [-0.2, -0.15) is 24.5 Å². The topological polar surface area (TPSA) is 8.17 Å². The number of thiophene rings is 1. The molecule has 0 unspecified atom stereocenters. The quantitative estimate of drug-likeness (QED) is 0.581. The summed E-state index contributed by atoms with van der Waals surface area (Å²) >= 11 is 1.64. The highest BCUT2D eigenvalue weighted by molar-refractivity contribution is 7.07. The van der Waals surface area contributed by atoms with Crippen molar-refractivity contribution in [2.45, 2.75) is 31.7 Å². The summed E-state index contributed by atoms with van der Waals surface area (Å²) in [6.45, 7) is 2.46. The highest BCUT2D eigenvalue weighted by Gasteiger charge is 2.33. The summed E-state index contributed by atoms with van der Waals surface area (Å²) in [5.74, 6) is 0. The van der Waals surface area contributed by atoms with Crippen LogP contribution in [0.25, 0.3) is 0 Å². The van der Waals surface area contributed by atoms with Gasteiger partial charge in [0.25, 0.3) is 0 Å². The second kappa shape index (κ2) is 6.93. The Morgan fingerprint density at radius 3 is 2.73 bits per heavy atom. The van der Waals surface area contributed by atoms with Gasteiger partial charge < -0.3 is 4.57 Å². The van der Waals surface area contributed by atoms with Crippen LogP contribution in [0.5, 0.6) is 0 Å². The van der Waals surface area contributed by atoms with Gasteiger partial charge in [0.2, 0.25) is 0 Å². The first-order valence-electron chi connectivity index (χ1n) is 8.60. The standard InChI is InChI=1S/C20H19F3N2S/c21-20(22,23)17-5-1-4-16(12-17)19-18-6-2-8-24(18)9-3-10-25(19)13-15-7-11-26-14-15/h1-2,4-8,11-12,14,19H,3,9-10,13H2/t19-/m1/s1. The van der Waals surface area contributed by atoms with E-state index in [9.17, 15) is 13.2 Å². The number of nitrogens with zero attached hydrogens (tertiary/aromatic N) is 2. The molecule has 0 spiro atoms. The molecule has 0 aliphatic carbocycles. The van der Waals surface area contributed by atoms with E-state index in [2.05, 4.69) is 20.9 Å². The molecule has 1 aromatic carbocycles. The van der Waals surface area contributed by atoms with Gasteiger partial charge in [0.1, 0.15) is 0 Å². The van der Waals surface area contributed by atoms with Gasteiger partial charge in [-0.25, -0.2) is 0 Å². The van der Waals surface area contributed by atoms with Crippen molar-refractivity contribution in [2.24, 2.45) is 0 Å². The van der Waals surface area contributed by atoms with E-state index in [1.165, 1.54) is 17.7 Å². The molecule has 1 atom stereocenters. The Morgan fingerprint density at radius 1 is 1.08 bits per heavy atom. The normalized spacial score (nSPS) is 18.5. The highest BCUT2D eigenvalue weighted by atomic mass is 32.1. The minimum Gasteiger partial charge on any atom is -0.350 e. The molecule has 0 fully saturated rings. The average Bonchev–Trinajstić information content (AvgIpc) is 3.24. The van der Waals surface area contributed by atoms with Crippen LogP contribution in [0.1, 0.15) is 34.8 Å². The predicted octanol–water partition coefficient (Wildman–Crippen LogP) is 5.56. The largest absolute Gasteiger partial charge is 0.416 e. The van der Waals surface area contributed by atoms with Gasteiger partial charge in [0.05, 0.1) is 11.6 Å². The molecule has 0 saturated carbocycles. The van der Waals surface area contributed by atoms with E-state index in [0.717, 1.165) is 37.8 Å². The van der Waals surface area contributed by atoms with Crippen LogP contribution in [-0.2, 0) is 19.3 Å². The number of aromatic nitrogens is 1. The Bertz CT molecular complexity index is 867. The number of benzene rings is 1. The molecule has 3 aromatic rings. The molecule has 3 heterocycles. The van der Waals surface area contributed by atoms with Crippen molar-refractivity contribution in [1.29, 1.82) is 0 Å². The summed E-state index contributed by atoms with van der Waals surface area (Å²) in [6, 6.07) is 11.7. The summed E-state index contributed by atoms with van der Waals surface area (Å²) < 4.78 is 41.9. The zero-order valence-electron chi connectivity index (χ0n) is 14.1. The van der Waals surface area contributed by atoms with Crippen molar-refractivity contribution in [3.63, 3.8) is 0 Å². The van der Waals surface area contributed by atoms with E-state index in [4.69, 9.17) is 0 Å². The third-order valence-electron chi connectivity index (χ3n) is 4.85. The van der Waals surface area contributed by atoms with Crippen molar-refractivity contribution in [3.05, 3.63) is 81.8 Å². The van der Waals surface area contributed by atoms with Gasteiger partial charge in [0, 0.05) is 31.5 Å². The SMILES string of the molecule is FC(F)(F)c1cccc([C@@H]2c3cccn3CCCN2Cc2ccsc2)c1. The van der Waals surface area contributed by atoms with Crippen molar-refractivity contribution < 1.29 is 13.2 Å². The lowest BCUT2D eigenvalue weighted by atomic mass is 9.99. The number of hydrogen-bond donors (Lipinski definition) is 0. The minimum atomic E-state index is -4.33. The maximum Gasteiger partial charge on any atom is 0.416 e. The summed E-state index contributed by atoms with van der Waals surface area (Å²) in [5, 5.41) is 4.14. The molecule has 0 saturated heterocycles. The maximum atomic E-state index is 13.2. The van der Waals surface area contributed by atoms with Crippen molar-refractivity contribution in [1.82, 2.24) is 9.47 Å². The van der Waals surface area contributed by atoms with Crippen LogP contribution in [0.3, 0.4) is 0 Å².